The molecule has 0 amide bonds. The van der Waals surface area contributed by atoms with Crippen LogP contribution in [0.3, 0.4) is 0 Å². The zero-order valence-electron chi connectivity index (χ0n) is 9.62. The molecule has 0 aromatic heterocycles. The molecule has 0 spiro atoms. The number of hydrogen-bond donors (Lipinski definition) is 1. The second-order valence-electron chi connectivity index (χ2n) is 3.86. The normalized spacial score (nSPS) is 10.4. The Morgan fingerprint density at radius 3 is 2.39 bits per heavy atom. The molecule has 2 N–H and O–H groups in total. The van der Waals surface area contributed by atoms with E-state index in [9.17, 15) is 8.78 Å². The maximum Gasteiger partial charge on any atom is 0.160 e. The van der Waals surface area contributed by atoms with Crippen molar-refractivity contribution in [1.29, 1.82) is 0 Å². The second-order valence-corrected chi connectivity index (χ2v) is 4.30. The summed E-state index contributed by atoms with van der Waals surface area (Å²) in [6, 6.07) is 8.68. The van der Waals surface area contributed by atoms with Gasteiger partial charge in [0.1, 0.15) is 0 Å². The van der Waals surface area contributed by atoms with Gasteiger partial charge in [-0.25, -0.2) is 8.78 Å². The Hall–Kier alpha value is -1.81. The van der Waals surface area contributed by atoms with E-state index in [1.807, 2.05) is 0 Å². The molecule has 0 aliphatic carbocycles. The molecule has 0 aliphatic rings. The number of nitrogens with zero attached hydrogens (tertiary/aromatic N) is 1. The van der Waals surface area contributed by atoms with Gasteiger partial charge in [0.25, 0.3) is 0 Å². The molecule has 2 nitrogen and oxygen atoms in total. The summed E-state index contributed by atoms with van der Waals surface area (Å²) < 4.78 is 26.0. The molecule has 2 aromatic rings. The van der Waals surface area contributed by atoms with Crippen LogP contribution in [0.5, 0.6) is 0 Å². The van der Waals surface area contributed by atoms with Gasteiger partial charge in [0.2, 0.25) is 0 Å². The largest absolute Gasteiger partial charge is 0.397 e. The maximum atomic E-state index is 13.2. The molecule has 0 saturated heterocycles. The van der Waals surface area contributed by atoms with Crippen LogP contribution < -0.4 is 10.6 Å². The topological polar surface area (TPSA) is 29.3 Å². The Labute approximate surface area is 109 Å². The Balaban J connectivity index is 2.41. The highest BCUT2D eigenvalue weighted by Gasteiger charge is 2.10. The van der Waals surface area contributed by atoms with E-state index in [0.717, 1.165) is 12.1 Å². The van der Waals surface area contributed by atoms with Gasteiger partial charge in [0.15, 0.2) is 11.6 Å². The minimum atomic E-state index is -0.896. The third-order valence-electron chi connectivity index (χ3n) is 2.64. The fourth-order valence-electron chi connectivity index (χ4n) is 1.66. The highest BCUT2D eigenvalue weighted by molar-refractivity contribution is 6.31. The van der Waals surface area contributed by atoms with Crippen LogP contribution in [-0.2, 0) is 0 Å². The van der Waals surface area contributed by atoms with E-state index in [2.05, 4.69) is 0 Å². The zero-order valence-corrected chi connectivity index (χ0v) is 10.4. The van der Waals surface area contributed by atoms with E-state index in [0.29, 0.717) is 22.1 Å². The summed E-state index contributed by atoms with van der Waals surface area (Å²) in [6.07, 6.45) is 0. The van der Waals surface area contributed by atoms with Crippen molar-refractivity contribution in [1.82, 2.24) is 0 Å². The van der Waals surface area contributed by atoms with E-state index in [-0.39, 0.29) is 0 Å². The average Bonchev–Trinajstić information content (AvgIpc) is 2.32. The van der Waals surface area contributed by atoms with Crippen LogP contribution in [0.2, 0.25) is 5.02 Å². The molecular formula is C13H11ClF2N2. The van der Waals surface area contributed by atoms with Gasteiger partial charge in [-0.3, -0.25) is 0 Å². The Morgan fingerprint density at radius 1 is 1.06 bits per heavy atom. The monoisotopic (exact) mass is 268 g/mol. The van der Waals surface area contributed by atoms with Crippen molar-refractivity contribution >= 4 is 28.7 Å². The van der Waals surface area contributed by atoms with Crippen LogP contribution in [-0.4, -0.2) is 7.05 Å². The first kappa shape index (κ1) is 12.6. The maximum absolute atomic E-state index is 13.2. The SMILES string of the molecule is CN(c1ccc(F)c(F)c1)c1ccc(Cl)cc1N. The highest BCUT2D eigenvalue weighted by Crippen LogP contribution is 2.31. The third kappa shape index (κ3) is 2.38. The first-order chi connectivity index (χ1) is 8.49. The van der Waals surface area contributed by atoms with Crippen molar-refractivity contribution in [2.24, 2.45) is 0 Å². The molecule has 0 heterocycles. The van der Waals surface area contributed by atoms with Gasteiger partial charge < -0.3 is 10.6 Å². The average molecular weight is 269 g/mol. The molecule has 0 radical (unpaired) electrons. The quantitative estimate of drug-likeness (QED) is 0.835. The van der Waals surface area contributed by atoms with E-state index in [1.165, 1.54) is 6.07 Å². The molecule has 94 valence electrons. The lowest BCUT2D eigenvalue weighted by atomic mass is 10.2. The van der Waals surface area contributed by atoms with Gasteiger partial charge in [0.05, 0.1) is 11.4 Å². The van der Waals surface area contributed by atoms with Gasteiger partial charge in [-0.1, -0.05) is 11.6 Å². The zero-order chi connectivity index (χ0) is 13.3. The first-order valence-electron chi connectivity index (χ1n) is 5.23. The Morgan fingerprint density at radius 2 is 1.78 bits per heavy atom. The van der Waals surface area contributed by atoms with Crippen LogP contribution in [0.1, 0.15) is 0 Å². The summed E-state index contributed by atoms with van der Waals surface area (Å²) >= 11 is 5.81. The number of nitrogen functional groups attached to an aromatic ring is 1. The summed E-state index contributed by atoms with van der Waals surface area (Å²) in [7, 11) is 1.71. The fraction of sp³-hybridized carbons (Fsp3) is 0.0769. The van der Waals surface area contributed by atoms with E-state index < -0.39 is 11.6 Å². The predicted octanol–water partition coefficient (Wildman–Crippen LogP) is 3.97. The lowest BCUT2D eigenvalue weighted by Crippen LogP contribution is -2.12. The molecule has 5 heteroatoms. The van der Waals surface area contributed by atoms with Crippen LogP contribution >= 0.6 is 11.6 Å². The summed E-state index contributed by atoms with van der Waals surface area (Å²) in [5.74, 6) is -1.77. The molecule has 2 rings (SSSR count). The molecule has 2 aromatic carbocycles. The molecule has 18 heavy (non-hydrogen) atoms. The Bertz CT molecular complexity index is 587. The van der Waals surface area contributed by atoms with Gasteiger partial charge in [0, 0.05) is 23.8 Å². The van der Waals surface area contributed by atoms with Crippen LogP contribution in [0, 0.1) is 11.6 Å². The first-order valence-corrected chi connectivity index (χ1v) is 5.60. The number of nitrogens with two attached hydrogens (primary N) is 1. The number of hydrogen-bond acceptors (Lipinski definition) is 2. The molecule has 0 atom stereocenters. The summed E-state index contributed by atoms with van der Waals surface area (Å²) in [5, 5.41) is 0.523. The summed E-state index contributed by atoms with van der Waals surface area (Å²) in [4.78, 5) is 1.66. The van der Waals surface area contributed by atoms with E-state index in [1.54, 1.807) is 30.1 Å². The Kier molecular flexibility index (Phi) is 3.39. The minimum absolute atomic E-state index is 0.467. The van der Waals surface area contributed by atoms with Crippen molar-refractivity contribution in [3.8, 4) is 0 Å². The predicted molar refractivity (Wildman–Crippen MR) is 70.3 cm³/mol. The number of benzene rings is 2. The van der Waals surface area contributed by atoms with Crippen molar-refractivity contribution in [3.05, 3.63) is 53.1 Å². The highest BCUT2D eigenvalue weighted by atomic mass is 35.5. The van der Waals surface area contributed by atoms with Crippen LogP contribution in [0.15, 0.2) is 36.4 Å². The van der Waals surface area contributed by atoms with Crippen molar-refractivity contribution in [2.75, 3.05) is 17.7 Å². The van der Waals surface area contributed by atoms with Gasteiger partial charge in [-0.2, -0.15) is 0 Å². The lowest BCUT2D eigenvalue weighted by molar-refractivity contribution is 0.509. The summed E-state index contributed by atoms with van der Waals surface area (Å²) in [5.41, 5.74) is 7.48. The molecule has 0 bridgehead atoms. The molecule has 0 fully saturated rings. The van der Waals surface area contributed by atoms with Crippen LogP contribution in [0.25, 0.3) is 0 Å². The number of halogens is 3. The lowest BCUT2D eigenvalue weighted by Gasteiger charge is -2.21. The standard InChI is InChI=1S/C13H11ClF2N2/c1-18(9-3-4-10(15)11(16)7-9)13-5-2-8(14)6-12(13)17/h2-7H,17H2,1H3. The smallest absolute Gasteiger partial charge is 0.160 e. The molecule has 0 aliphatic heterocycles. The van der Waals surface area contributed by atoms with Crippen molar-refractivity contribution < 1.29 is 8.78 Å². The van der Waals surface area contributed by atoms with Gasteiger partial charge in [-0.05, 0) is 30.3 Å². The van der Waals surface area contributed by atoms with Gasteiger partial charge in [-0.15, -0.1) is 0 Å². The number of anilines is 3. The van der Waals surface area contributed by atoms with E-state index >= 15 is 0 Å². The van der Waals surface area contributed by atoms with Crippen LogP contribution in [0.4, 0.5) is 25.8 Å². The fourth-order valence-corrected chi connectivity index (χ4v) is 1.84. The van der Waals surface area contributed by atoms with Gasteiger partial charge >= 0.3 is 0 Å². The second kappa shape index (κ2) is 4.82. The van der Waals surface area contributed by atoms with E-state index in [4.69, 9.17) is 17.3 Å². The number of rotatable bonds is 2. The van der Waals surface area contributed by atoms with Crippen molar-refractivity contribution in [3.63, 3.8) is 0 Å². The molecular weight excluding hydrogens is 258 g/mol. The molecule has 0 unspecified atom stereocenters. The van der Waals surface area contributed by atoms with Crippen molar-refractivity contribution in [2.45, 2.75) is 0 Å². The molecule has 0 saturated carbocycles. The third-order valence-corrected chi connectivity index (χ3v) is 2.88. The summed E-state index contributed by atoms with van der Waals surface area (Å²) in [6.45, 7) is 0. The minimum Gasteiger partial charge on any atom is -0.397 e.